The van der Waals surface area contributed by atoms with Gasteiger partial charge in [0.2, 0.25) is 0 Å². The van der Waals surface area contributed by atoms with Gasteiger partial charge in [-0.2, -0.15) is 5.10 Å². The molecular weight excluding hydrogens is 488 g/mol. The number of benzene rings is 2. The molecule has 6 nitrogen and oxygen atoms in total. The first-order valence-electron chi connectivity index (χ1n) is 12.9. The second-order valence-electron chi connectivity index (χ2n) is 9.13. The molecule has 198 valence electrons. The fraction of sp³-hybridized carbons (Fsp3) is 0.333. The van der Waals surface area contributed by atoms with E-state index in [1.165, 1.54) is 28.9 Å². The Morgan fingerprint density at radius 3 is 2.16 bits per heavy atom. The van der Waals surface area contributed by atoms with Gasteiger partial charge in [-0.3, -0.25) is 14.6 Å². The van der Waals surface area contributed by atoms with Crippen LogP contribution in [0.25, 0.3) is 16.7 Å². The molecule has 0 bridgehead atoms. The Bertz CT molecular complexity index is 1390. The Morgan fingerprint density at radius 1 is 0.921 bits per heavy atom. The van der Waals surface area contributed by atoms with Crippen molar-refractivity contribution in [1.82, 2.24) is 9.78 Å². The van der Waals surface area contributed by atoms with Crippen molar-refractivity contribution < 1.29 is 18.3 Å². The van der Waals surface area contributed by atoms with Crippen molar-refractivity contribution in [2.45, 2.75) is 52.2 Å². The van der Waals surface area contributed by atoms with Gasteiger partial charge in [0.1, 0.15) is 18.2 Å². The minimum atomic E-state index is -0.315. The molecule has 2 aliphatic rings. The van der Waals surface area contributed by atoms with Crippen LogP contribution < -0.4 is 5.56 Å². The van der Waals surface area contributed by atoms with Gasteiger partial charge in [-0.1, -0.05) is 38.1 Å². The van der Waals surface area contributed by atoms with Crippen molar-refractivity contribution in [3.05, 3.63) is 93.9 Å². The van der Waals surface area contributed by atoms with E-state index in [-0.39, 0.29) is 35.7 Å². The molecule has 1 saturated heterocycles. The largest absolute Gasteiger partial charge is 0.356 e. The normalized spacial score (nSPS) is 17.3. The monoisotopic (exact) mass is 519 g/mol. The van der Waals surface area contributed by atoms with E-state index in [0.717, 1.165) is 49.1 Å². The predicted octanol–water partition coefficient (Wildman–Crippen LogP) is 5.95. The van der Waals surface area contributed by atoms with Crippen LogP contribution in [0.5, 0.6) is 0 Å². The number of hydrogen-bond donors (Lipinski definition) is 0. The standard InChI is InChI=1S/C17H19FN2O2.C13H12FNO/c1-2-14-11-15(12-6-8-13(18)9-7-12)17(21)20(19-14)16-5-3-4-10-22-16;1-2-11-7-12(13(16)8-15-11)9-3-5-10(14)6-4-9/h6-9,11,16H,2-5,10H2,1H3;3-7H,2,8H2,1H3. The third-order valence-electron chi connectivity index (χ3n) is 6.49. The molecule has 2 aromatic carbocycles. The molecule has 0 N–H and O–H groups in total. The number of aromatic nitrogens is 2. The zero-order valence-electron chi connectivity index (χ0n) is 21.6. The average molecular weight is 520 g/mol. The highest BCUT2D eigenvalue weighted by Gasteiger charge is 2.21. The van der Waals surface area contributed by atoms with Crippen LogP contribution in [-0.2, 0) is 16.0 Å². The van der Waals surface area contributed by atoms with E-state index in [0.29, 0.717) is 23.3 Å². The Balaban J connectivity index is 0.000000186. The van der Waals surface area contributed by atoms with E-state index in [2.05, 4.69) is 10.1 Å². The second-order valence-corrected chi connectivity index (χ2v) is 9.13. The van der Waals surface area contributed by atoms with Crippen LogP contribution in [0.1, 0.15) is 57.0 Å². The minimum absolute atomic E-state index is 0.0104. The zero-order valence-corrected chi connectivity index (χ0v) is 21.6. The number of dihydropyridines is 1. The molecule has 3 heterocycles. The number of ether oxygens (including phenoxy) is 1. The van der Waals surface area contributed by atoms with Crippen LogP contribution in [-0.4, -0.2) is 34.4 Å². The van der Waals surface area contributed by atoms with Crippen LogP contribution in [0.3, 0.4) is 0 Å². The SMILES string of the molecule is CCC1=NCC(=O)C(c2ccc(F)cc2)=C1.CCc1cc(-c2ccc(F)cc2)c(=O)n(C2CCCCO2)n1. The summed E-state index contributed by atoms with van der Waals surface area (Å²) >= 11 is 0. The number of aliphatic imine (C=N–C) groups is 1. The van der Waals surface area contributed by atoms with Crippen LogP contribution in [0, 0.1) is 11.6 Å². The number of carbonyl (C=O) groups excluding carboxylic acids is 1. The lowest BCUT2D eigenvalue weighted by atomic mass is 9.97. The summed E-state index contributed by atoms with van der Waals surface area (Å²) in [4.78, 5) is 28.6. The van der Waals surface area contributed by atoms with Crippen molar-refractivity contribution in [3.8, 4) is 11.1 Å². The van der Waals surface area contributed by atoms with Gasteiger partial charge in [-0.25, -0.2) is 13.5 Å². The van der Waals surface area contributed by atoms with E-state index in [1.807, 2.05) is 13.8 Å². The molecule has 2 aliphatic heterocycles. The van der Waals surface area contributed by atoms with Gasteiger partial charge in [0.15, 0.2) is 12.0 Å². The summed E-state index contributed by atoms with van der Waals surface area (Å²) in [7, 11) is 0. The zero-order chi connectivity index (χ0) is 27.1. The molecule has 3 aromatic rings. The molecule has 0 aliphatic carbocycles. The van der Waals surface area contributed by atoms with Crippen LogP contribution >= 0.6 is 0 Å². The molecule has 0 radical (unpaired) electrons. The fourth-order valence-corrected chi connectivity index (χ4v) is 4.32. The average Bonchev–Trinajstić information content (AvgIpc) is 2.95. The lowest BCUT2D eigenvalue weighted by Crippen LogP contribution is -2.32. The molecule has 1 atom stereocenters. The smallest absolute Gasteiger partial charge is 0.277 e. The van der Waals surface area contributed by atoms with Gasteiger partial charge in [-0.15, -0.1) is 0 Å². The van der Waals surface area contributed by atoms with Gasteiger partial charge in [0, 0.05) is 17.9 Å². The number of allylic oxidation sites excluding steroid dienone is 1. The molecule has 5 rings (SSSR count). The van der Waals surface area contributed by atoms with E-state index in [4.69, 9.17) is 4.74 Å². The minimum Gasteiger partial charge on any atom is -0.356 e. The Hall–Kier alpha value is -3.78. The number of rotatable bonds is 5. The molecule has 0 spiro atoms. The van der Waals surface area contributed by atoms with Gasteiger partial charge >= 0.3 is 0 Å². The summed E-state index contributed by atoms with van der Waals surface area (Å²) < 4.78 is 33.0. The molecule has 1 fully saturated rings. The second kappa shape index (κ2) is 12.6. The van der Waals surface area contributed by atoms with Gasteiger partial charge in [0.05, 0.1) is 11.3 Å². The van der Waals surface area contributed by atoms with Crippen LogP contribution in [0.15, 0.2) is 70.5 Å². The molecule has 1 aromatic heterocycles. The maximum atomic E-state index is 13.1. The van der Waals surface area contributed by atoms with Crippen molar-refractivity contribution in [2.75, 3.05) is 13.2 Å². The van der Waals surface area contributed by atoms with Gasteiger partial charge in [-0.05, 0) is 79.6 Å². The highest BCUT2D eigenvalue weighted by atomic mass is 19.1. The quantitative estimate of drug-likeness (QED) is 0.417. The third-order valence-corrected chi connectivity index (χ3v) is 6.49. The van der Waals surface area contributed by atoms with Crippen molar-refractivity contribution in [2.24, 2.45) is 4.99 Å². The fourth-order valence-electron chi connectivity index (χ4n) is 4.32. The number of hydrogen-bond acceptors (Lipinski definition) is 5. The summed E-state index contributed by atoms with van der Waals surface area (Å²) in [6, 6.07) is 13.7. The number of nitrogens with zero attached hydrogens (tertiary/aromatic N) is 3. The molecule has 38 heavy (non-hydrogen) atoms. The Morgan fingerprint density at radius 2 is 1.58 bits per heavy atom. The molecule has 1 unspecified atom stereocenters. The molecule has 0 amide bonds. The first kappa shape index (κ1) is 27.3. The van der Waals surface area contributed by atoms with Crippen LogP contribution in [0.4, 0.5) is 8.78 Å². The van der Waals surface area contributed by atoms with Crippen LogP contribution in [0.2, 0.25) is 0 Å². The molecule has 8 heteroatoms. The summed E-state index contributed by atoms with van der Waals surface area (Å²) in [5.74, 6) is -0.620. The first-order chi connectivity index (χ1) is 18.4. The van der Waals surface area contributed by atoms with Gasteiger partial charge in [0.25, 0.3) is 5.56 Å². The predicted molar refractivity (Wildman–Crippen MR) is 144 cm³/mol. The molecule has 0 saturated carbocycles. The van der Waals surface area contributed by atoms with Crippen molar-refractivity contribution in [3.63, 3.8) is 0 Å². The highest BCUT2D eigenvalue weighted by Crippen LogP contribution is 2.23. The number of halogens is 2. The maximum Gasteiger partial charge on any atom is 0.277 e. The first-order valence-corrected chi connectivity index (χ1v) is 12.9. The van der Waals surface area contributed by atoms with Gasteiger partial charge < -0.3 is 4.74 Å². The van der Waals surface area contributed by atoms with E-state index in [9.17, 15) is 18.4 Å². The number of aryl methyl sites for hydroxylation is 1. The summed E-state index contributed by atoms with van der Waals surface area (Å²) in [5, 5.41) is 4.42. The number of ketones is 1. The molecular formula is C30H31F2N3O3. The summed E-state index contributed by atoms with van der Waals surface area (Å²) in [5.41, 5.74) is 4.19. The Kier molecular flexibility index (Phi) is 9.07. The summed E-state index contributed by atoms with van der Waals surface area (Å²) in [6.07, 6.45) is 5.86. The topological polar surface area (TPSA) is 73.5 Å². The Labute approximate surface area is 220 Å². The summed E-state index contributed by atoms with van der Waals surface area (Å²) in [6.45, 7) is 4.84. The highest BCUT2D eigenvalue weighted by molar-refractivity contribution is 6.28. The van der Waals surface area contributed by atoms with Crippen molar-refractivity contribution >= 4 is 17.1 Å². The number of Topliss-reactive ketones (excluding diaryl/α,β-unsaturated/α-hetero) is 1. The lowest BCUT2D eigenvalue weighted by molar-refractivity contribution is -0.112. The number of carbonyl (C=O) groups is 1. The van der Waals surface area contributed by atoms with E-state index < -0.39 is 0 Å². The van der Waals surface area contributed by atoms with E-state index >= 15 is 0 Å². The maximum absolute atomic E-state index is 13.1. The lowest BCUT2D eigenvalue weighted by Gasteiger charge is -2.24. The third kappa shape index (κ3) is 6.55. The van der Waals surface area contributed by atoms with E-state index in [1.54, 1.807) is 36.4 Å². The van der Waals surface area contributed by atoms with Crippen molar-refractivity contribution in [1.29, 1.82) is 0 Å².